The number of carbonyl (C=O) groups excluding carboxylic acids is 1. The molecule has 1 saturated heterocycles. The lowest BCUT2D eigenvalue weighted by Crippen LogP contribution is -2.37. The molecule has 1 N–H and O–H groups in total. The van der Waals surface area contributed by atoms with Crippen LogP contribution in [-0.4, -0.2) is 50.2 Å². The quantitative estimate of drug-likeness (QED) is 0.537. The molecule has 2 heterocycles. The summed E-state index contributed by atoms with van der Waals surface area (Å²) in [6.45, 7) is 3.21. The number of ether oxygens (including phenoxy) is 1. The van der Waals surface area contributed by atoms with E-state index in [4.69, 9.17) is 4.74 Å². The third kappa shape index (κ3) is 4.73. The van der Waals surface area contributed by atoms with E-state index in [0.717, 1.165) is 28.8 Å². The van der Waals surface area contributed by atoms with Crippen molar-refractivity contribution in [2.24, 2.45) is 5.92 Å². The minimum Gasteiger partial charge on any atom is -0.497 e. The maximum atomic E-state index is 13.0. The van der Waals surface area contributed by atoms with E-state index >= 15 is 0 Å². The van der Waals surface area contributed by atoms with Crippen molar-refractivity contribution in [3.05, 3.63) is 48.0 Å². The van der Waals surface area contributed by atoms with E-state index in [2.05, 4.69) is 17.2 Å². The summed E-state index contributed by atoms with van der Waals surface area (Å²) < 4.78 is 33.7. The van der Waals surface area contributed by atoms with Crippen molar-refractivity contribution in [3.63, 3.8) is 0 Å². The zero-order valence-electron chi connectivity index (χ0n) is 17.5. The van der Waals surface area contributed by atoms with Crippen molar-refractivity contribution < 1.29 is 17.9 Å². The van der Waals surface area contributed by atoms with E-state index in [1.54, 1.807) is 25.3 Å². The lowest BCUT2D eigenvalue weighted by Gasteiger charge is -2.29. The van der Waals surface area contributed by atoms with Gasteiger partial charge >= 0.3 is 0 Å². The molecule has 0 bridgehead atoms. The second-order valence-electron chi connectivity index (χ2n) is 7.74. The highest BCUT2D eigenvalue weighted by molar-refractivity contribution is 7.89. The molecular formula is C22H25N3O4S2. The molecule has 0 radical (unpaired) electrons. The number of piperidine rings is 1. The molecule has 9 heteroatoms. The number of nitrogens with zero attached hydrogens (tertiary/aromatic N) is 2. The van der Waals surface area contributed by atoms with Gasteiger partial charge in [0.1, 0.15) is 5.75 Å². The number of carbonyl (C=O) groups is 1. The molecule has 0 amide bonds. The Balaban J connectivity index is 1.46. The number of fused-ring (bicyclic) bond motifs is 1. The van der Waals surface area contributed by atoms with Gasteiger partial charge in [0.25, 0.3) is 0 Å². The largest absolute Gasteiger partial charge is 0.497 e. The number of thiazole rings is 1. The SMILES string of the molecule is COc1ccc2nc(NCC(=O)c3cccc(S(=O)(=O)N4CCC(C)CC4)c3)sc2c1. The highest BCUT2D eigenvalue weighted by Crippen LogP contribution is 2.29. The van der Waals surface area contributed by atoms with Crippen LogP contribution in [0.5, 0.6) is 5.75 Å². The van der Waals surface area contributed by atoms with Crippen LogP contribution >= 0.6 is 11.3 Å². The summed E-state index contributed by atoms with van der Waals surface area (Å²) in [6.07, 6.45) is 1.71. The van der Waals surface area contributed by atoms with E-state index in [-0.39, 0.29) is 17.2 Å². The summed E-state index contributed by atoms with van der Waals surface area (Å²) in [7, 11) is -1.98. The molecule has 1 aliphatic heterocycles. The number of ketones is 1. The van der Waals surface area contributed by atoms with Crippen molar-refractivity contribution in [3.8, 4) is 5.75 Å². The molecular weight excluding hydrogens is 434 g/mol. The summed E-state index contributed by atoms with van der Waals surface area (Å²) >= 11 is 1.43. The van der Waals surface area contributed by atoms with Crippen LogP contribution in [0.25, 0.3) is 10.2 Å². The van der Waals surface area contributed by atoms with Gasteiger partial charge in [-0.3, -0.25) is 4.79 Å². The van der Waals surface area contributed by atoms with Gasteiger partial charge in [-0.2, -0.15) is 4.31 Å². The second kappa shape index (κ2) is 8.94. The van der Waals surface area contributed by atoms with E-state index in [9.17, 15) is 13.2 Å². The Bertz CT molecular complexity index is 1200. The van der Waals surface area contributed by atoms with Crippen LogP contribution in [0, 0.1) is 5.92 Å². The number of hydrogen-bond acceptors (Lipinski definition) is 7. The van der Waals surface area contributed by atoms with Gasteiger partial charge in [0.05, 0.1) is 28.8 Å². The molecule has 7 nitrogen and oxygen atoms in total. The van der Waals surface area contributed by atoms with Crippen molar-refractivity contribution in [1.82, 2.24) is 9.29 Å². The Kier molecular flexibility index (Phi) is 6.27. The summed E-state index contributed by atoms with van der Waals surface area (Å²) in [5.41, 5.74) is 1.19. The average molecular weight is 460 g/mol. The molecule has 1 fully saturated rings. The summed E-state index contributed by atoms with van der Waals surface area (Å²) in [5.74, 6) is 1.09. The highest BCUT2D eigenvalue weighted by Gasteiger charge is 2.28. The maximum Gasteiger partial charge on any atom is 0.243 e. The van der Waals surface area contributed by atoms with Gasteiger partial charge in [-0.05, 0) is 49.1 Å². The first-order chi connectivity index (χ1) is 14.9. The van der Waals surface area contributed by atoms with Crippen molar-refractivity contribution in [2.75, 3.05) is 32.1 Å². The lowest BCUT2D eigenvalue weighted by molar-refractivity contribution is 0.101. The highest BCUT2D eigenvalue weighted by atomic mass is 32.2. The normalized spacial score (nSPS) is 15.8. The molecule has 1 aromatic heterocycles. The third-order valence-electron chi connectivity index (χ3n) is 5.53. The first kappa shape index (κ1) is 21.7. The van der Waals surface area contributed by atoms with E-state index in [1.807, 2.05) is 18.2 Å². The number of anilines is 1. The molecule has 0 saturated carbocycles. The van der Waals surface area contributed by atoms with Crippen LogP contribution < -0.4 is 10.1 Å². The van der Waals surface area contributed by atoms with Gasteiger partial charge in [0, 0.05) is 18.7 Å². The number of benzene rings is 2. The Labute approximate surface area is 186 Å². The molecule has 1 aliphatic rings. The van der Waals surface area contributed by atoms with E-state index in [0.29, 0.717) is 29.7 Å². The van der Waals surface area contributed by atoms with Crippen LogP contribution in [0.2, 0.25) is 0 Å². The van der Waals surface area contributed by atoms with Gasteiger partial charge in [-0.25, -0.2) is 13.4 Å². The molecule has 0 atom stereocenters. The molecule has 3 aromatic rings. The predicted octanol–water partition coefficient (Wildman–Crippen LogP) is 4.02. The number of methoxy groups -OCH3 is 1. The van der Waals surface area contributed by atoms with Crippen LogP contribution in [0.1, 0.15) is 30.1 Å². The number of aromatic nitrogens is 1. The van der Waals surface area contributed by atoms with Gasteiger partial charge < -0.3 is 10.1 Å². The topological polar surface area (TPSA) is 88.6 Å². The molecule has 164 valence electrons. The minimum absolute atomic E-state index is 0.0295. The molecule has 2 aromatic carbocycles. The van der Waals surface area contributed by atoms with Crippen LogP contribution in [-0.2, 0) is 10.0 Å². The average Bonchev–Trinajstić information content (AvgIpc) is 3.20. The lowest BCUT2D eigenvalue weighted by atomic mass is 10.0. The zero-order valence-corrected chi connectivity index (χ0v) is 19.1. The van der Waals surface area contributed by atoms with Gasteiger partial charge in [-0.15, -0.1) is 0 Å². The standard InChI is InChI=1S/C22H25N3O4S2/c1-15-8-10-25(11-9-15)31(27,28)18-5-3-4-16(12-18)20(26)14-23-22-24-19-7-6-17(29-2)13-21(19)30-22/h3-7,12-13,15H,8-11,14H2,1-2H3,(H,23,24). The number of rotatable bonds is 7. The van der Waals surface area contributed by atoms with Crippen molar-refractivity contribution in [2.45, 2.75) is 24.7 Å². The smallest absolute Gasteiger partial charge is 0.243 e. The predicted molar refractivity (Wildman–Crippen MR) is 123 cm³/mol. The van der Waals surface area contributed by atoms with Crippen LogP contribution in [0.4, 0.5) is 5.13 Å². The van der Waals surface area contributed by atoms with Crippen LogP contribution in [0.15, 0.2) is 47.4 Å². The van der Waals surface area contributed by atoms with Crippen molar-refractivity contribution in [1.29, 1.82) is 0 Å². The Morgan fingerprint density at radius 3 is 2.74 bits per heavy atom. The fraction of sp³-hybridized carbons (Fsp3) is 0.364. The molecule has 4 rings (SSSR count). The summed E-state index contributed by atoms with van der Waals surface area (Å²) in [6, 6.07) is 11.9. The first-order valence-corrected chi connectivity index (χ1v) is 12.4. The minimum atomic E-state index is -3.59. The fourth-order valence-corrected chi connectivity index (χ4v) is 5.98. The molecule has 0 spiro atoms. The van der Waals surface area contributed by atoms with E-state index in [1.165, 1.54) is 21.7 Å². The molecule has 31 heavy (non-hydrogen) atoms. The Hall–Kier alpha value is -2.49. The van der Waals surface area contributed by atoms with Gasteiger partial charge in [0.15, 0.2) is 10.9 Å². The van der Waals surface area contributed by atoms with Crippen LogP contribution in [0.3, 0.4) is 0 Å². The van der Waals surface area contributed by atoms with Crippen molar-refractivity contribution >= 4 is 42.5 Å². The zero-order chi connectivity index (χ0) is 22.0. The number of nitrogens with one attached hydrogen (secondary N) is 1. The number of Topliss-reactive ketones (excluding diaryl/α,β-unsaturated/α-hetero) is 1. The van der Waals surface area contributed by atoms with Gasteiger partial charge in [0.2, 0.25) is 10.0 Å². The second-order valence-corrected chi connectivity index (χ2v) is 10.7. The van der Waals surface area contributed by atoms with Gasteiger partial charge in [-0.1, -0.05) is 30.4 Å². The Morgan fingerprint density at radius 2 is 2.00 bits per heavy atom. The number of sulfonamides is 1. The fourth-order valence-electron chi connectivity index (χ4n) is 3.57. The summed E-state index contributed by atoms with van der Waals surface area (Å²) in [5, 5.41) is 3.68. The molecule has 0 unspecified atom stereocenters. The maximum absolute atomic E-state index is 13.0. The number of hydrogen-bond donors (Lipinski definition) is 1. The van der Waals surface area contributed by atoms with E-state index < -0.39 is 10.0 Å². The third-order valence-corrected chi connectivity index (χ3v) is 8.40. The monoisotopic (exact) mass is 459 g/mol. The summed E-state index contributed by atoms with van der Waals surface area (Å²) in [4.78, 5) is 17.4. The Morgan fingerprint density at radius 1 is 1.23 bits per heavy atom. The molecule has 0 aliphatic carbocycles. The first-order valence-electron chi connectivity index (χ1n) is 10.2.